The Kier molecular flexibility index (Phi) is 5.36. The summed E-state index contributed by atoms with van der Waals surface area (Å²) in [5.41, 5.74) is 0.971. The van der Waals surface area contributed by atoms with Crippen LogP contribution in [0.4, 0.5) is 10.1 Å². The summed E-state index contributed by atoms with van der Waals surface area (Å²) in [5.74, 6) is -0.330. The Morgan fingerprint density at radius 2 is 2.00 bits per heavy atom. The average Bonchev–Trinajstić information content (AvgIpc) is 3.10. The van der Waals surface area contributed by atoms with Crippen molar-refractivity contribution in [2.75, 3.05) is 57.3 Å². The van der Waals surface area contributed by atoms with Crippen molar-refractivity contribution in [2.24, 2.45) is 5.92 Å². The Hall–Kier alpha value is -1.66. The number of benzene rings is 1. The molecule has 132 valence electrons. The van der Waals surface area contributed by atoms with E-state index >= 15 is 0 Å². The number of piperazine rings is 1. The van der Waals surface area contributed by atoms with Crippen molar-refractivity contribution in [2.45, 2.75) is 13.3 Å². The molecule has 6 heteroatoms. The van der Waals surface area contributed by atoms with Crippen molar-refractivity contribution in [3.8, 4) is 0 Å². The third-order valence-electron chi connectivity index (χ3n) is 5.19. The van der Waals surface area contributed by atoms with Gasteiger partial charge in [0, 0.05) is 57.4 Å². The smallest absolute Gasteiger partial charge is 0.253 e. The van der Waals surface area contributed by atoms with Crippen LogP contribution in [0.25, 0.3) is 0 Å². The van der Waals surface area contributed by atoms with E-state index in [1.54, 1.807) is 17.0 Å². The summed E-state index contributed by atoms with van der Waals surface area (Å²) < 4.78 is 14.5. The number of anilines is 1. The third kappa shape index (κ3) is 3.54. The number of nitrogens with zero attached hydrogens (tertiary/aromatic N) is 3. The molecule has 2 fully saturated rings. The zero-order valence-corrected chi connectivity index (χ0v) is 14.2. The zero-order chi connectivity index (χ0) is 17.1. The number of rotatable bonds is 4. The molecular formula is C18H26FN3O2. The van der Waals surface area contributed by atoms with Crippen LogP contribution in [-0.4, -0.2) is 73.2 Å². The SMILES string of the molecule is CCN1CCN(c2ccc(C(=O)N3CCC(CO)C3)cc2F)CC1. The monoisotopic (exact) mass is 335 g/mol. The van der Waals surface area contributed by atoms with E-state index in [2.05, 4.69) is 11.8 Å². The normalized spacial score (nSPS) is 22.2. The van der Waals surface area contributed by atoms with Gasteiger partial charge in [-0.2, -0.15) is 0 Å². The number of carbonyl (C=O) groups excluding carboxylic acids is 1. The van der Waals surface area contributed by atoms with Gasteiger partial charge in [-0.05, 0) is 31.2 Å². The van der Waals surface area contributed by atoms with Crippen molar-refractivity contribution in [3.05, 3.63) is 29.6 Å². The molecule has 1 aromatic rings. The molecule has 2 aliphatic heterocycles. The van der Waals surface area contributed by atoms with E-state index in [1.165, 1.54) is 6.07 Å². The second-order valence-corrected chi connectivity index (χ2v) is 6.68. The van der Waals surface area contributed by atoms with Crippen molar-refractivity contribution in [1.82, 2.24) is 9.80 Å². The molecule has 1 atom stereocenters. The first kappa shape index (κ1) is 17.2. The number of likely N-dealkylation sites (N-methyl/N-ethyl adjacent to an activating group) is 1. The number of aliphatic hydroxyl groups is 1. The highest BCUT2D eigenvalue weighted by Gasteiger charge is 2.27. The highest BCUT2D eigenvalue weighted by atomic mass is 19.1. The van der Waals surface area contributed by atoms with Crippen molar-refractivity contribution in [1.29, 1.82) is 0 Å². The van der Waals surface area contributed by atoms with Gasteiger partial charge in [0.1, 0.15) is 5.82 Å². The van der Waals surface area contributed by atoms with E-state index in [4.69, 9.17) is 0 Å². The predicted octanol–water partition coefficient (Wildman–Crippen LogP) is 1.42. The summed E-state index contributed by atoms with van der Waals surface area (Å²) in [7, 11) is 0. The minimum Gasteiger partial charge on any atom is -0.396 e. The molecule has 0 aliphatic carbocycles. The van der Waals surface area contributed by atoms with Crippen LogP contribution in [0, 0.1) is 11.7 Å². The maximum atomic E-state index is 14.5. The molecule has 2 heterocycles. The van der Waals surface area contributed by atoms with Gasteiger partial charge < -0.3 is 19.8 Å². The first-order chi connectivity index (χ1) is 11.6. The molecule has 1 N–H and O–H groups in total. The first-order valence-electron chi connectivity index (χ1n) is 8.79. The number of amides is 1. The maximum absolute atomic E-state index is 14.5. The van der Waals surface area contributed by atoms with E-state index in [9.17, 15) is 14.3 Å². The number of aliphatic hydroxyl groups excluding tert-OH is 1. The molecule has 0 radical (unpaired) electrons. The maximum Gasteiger partial charge on any atom is 0.253 e. The van der Waals surface area contributed by atoms with E-state index in [1.807, 2.05) is 4.90 Å². The van der Waals surface area contributed by atoms with Crippen molar-refractivity contribution < 1.29 is 14.3 Å². The fourth-order valence-electron chi connectivity index (χ4n) is 3.55. The van der Waals surface area contributed by atoms with E-state index < -0.39 is 0 Å². The van der Waals surface area contributed by atoms with Gasteiger partial charge in [0.25, 0.3) is 5.91 Å². The summed E-state index contributed by atoms with van der Waals surface area (Å²) in [6.07, 6.45) is 0.810. The lowest BCUT2D eigenvalue weighted by Gasteiger charge is -2.35. The first-order valence-corrected chi connectivity index (χ1v) is 8.79. The van der Waals surface area contributed by atoms with Crippen LogP contribution in [0.3, 0.4) is 0 Å². The Labute approximate surface area is 142 Å². The Morgan fingerprint density at radius 1 is 1.25 bits per heavy atom. The van der Waals surface area contributed by atoms with Gasteiger partial charge in [0.2, 0.25) is 0 Å². The predicted molar refractivity (Wildman–Crippen MR) is 91.8 cm³/mol. The van der Waals surface area contributed by atoms with Gasteiger partial charge in [0.15, 0.2) is 0 Å². The fourth-order valence-corrected chi connectivity index (χ4v) is 3.55. The second-order valence-electron chi connectivity index (χ2n) is 6.68. The van der Waals surface area contributed by atoms with Crippen LogP contribution in [0.1, 0.15) is 23.7 Å². The number of likely N-dealkylation sites (tertiary alicyclic amines) is 1. The average molecular weight is 335 g/mol. The van der Waals surface area contributed by atoms with Crippen LogP contribution < -0.4 is 4.90 Å². The quantitative estimate of drug-likeness (QED) is 0.904. The van der Waals surface area contributed by atoms with E-state index in [-0.39, 0.29) is 24.2 Å². The molecule has 0 spiro atoms. The minimum absolute atomic E-state index is 0.0980. The highest BCUT2D eigenvalue weighted by Crippen LogP contribution is 2.24. The van der Waals surface area contributed by atoms with Gasteiger partial charge in [0.05, 0.1) is 5.69 Å². The Bertz CT molecular complexity index is 588. The molecule has 0 saturated carbocycles. The molecule has 3 rings (SSSR count). The molecule has 1 aromatic carbocycles. The largest absolute Gasteiger partial charge is 0.396 e. The number of carbonyl (C=O) groups is 1. The van der Waals surface area contributed by atoms with Crippen molar-refractivity contribution in [3.63, 3.8) is 0 Å². The van der Waals surface area contributed by atoms with Crippen molar-refractivity contribution >= 4 is 11.6 Å². The third-order valence-corrected chi connectivity index (χ3v) is 5.19. The zero-order valence-electron chi connectivity index (χ0n) is 14.2. The van der Waals surface area contributed by atoms with E-state index in [0.29, 0.717) is 24.3 Å². The fraction of sp³-hybridized carbons (Fsp3) is 0.611. The lowest BCUT2D eigenvalue weighted by molar-refractivity contribution is 0.0781. The molecular weight excluding hydrogens is 309 g/mol. The Balaban J connectivity index is 1.67. The van der Waals surface area contributed by atoms with Gasteiger partial charge in [-0.25, -0.2) is 4.39 Å². The molecule has 0 bridgehead atoms. The molecule has 24 heavy (non-hydrogen) atoms. The highest BCUT2D eigenvalue weighted by molar-refractivity contribution is 5.94. The van der Waals surface area contributed by atoms with Crippen LogP contribution in [0.2, 0.25) is 0 Å². The standard InChI is InChI=1S/C18H26FN3O2/c1-2-20-7-9-21(10-8-20)17-4-3-15(11-16(17)19)18(24)22-6-5-14(12-22)13-23/h3-4,11,14,23H,2,5-10,12-13H2,1H3. The Morgan fingerprint density at radius 3 is 2.58 bits per heavy atom. The second kappa shape index (κ2) is 7.49. The molecule has 1 unspecified atom stereocenters. The summed E-state index contributed by atoms with van der Waals surface area (Å²) in [5, 5.41) is 9.19. The van der Waals surface area contributed by atoms with Gasteiger partial charge in [-0.15, -0.1) is 0 Å². The van der Waals surface area contributed by atoms with Gasteiger partial charge in [-0.1, -0.05) is 6.92 Å². The summed E-state index contributed by atoms with van der Waals surface area (Å²) in [6, 6.07) is 4.80. The molecule has 2 saturated heterocycles. The van der Waals surface area contributed by atoms with Crippen LogP contribution in [0.15, 0.2) is 18.2 Å². The van der Waals surface area contributed by atoms with Crippen LogP contribution in [-0.2, 0) is 0 Å². The molecule has 1 amide bonds. The number of hydrogen-bond acceptors (Lipinski definition) is 4. The lowest BCUT2D eigenvalue weighted by Crippen LogP contribution is -2.46. The van der Waals surface area contributed by atoms with Gasteiger partial charge >= 0.3 is 0 Å². The number of halogens is 1. The summed E-state index contributed by atoms with van der Waals surface area (Å²) in [6.45, 7) is 7.93. The van der Waals surface area contributed by atoms with Crippen LogP contribution >= 0.6 is 0 Å². The van der Waals surface area contributed by atoms with Crippen LogP contribution in [0.5, 0.6) is 0 Å². The molecule has 5 nitrogen and oxygen atoms in total. The van der Waals surface area contributed by atoms with E-state index in [0.717, 1.165) is 39.1 Å². The van der Waals surface area contributed by atoms with Gasteiger partial charge in [-0.3, -0.25) is 4.79 Å². The molecule has 0 aromatic heterocycles. The summed E-state index contributed by atoms with van der Waals surface area (Å²) in [4.78, 5) is 18.6. The summed E-state index contributed by atoms with van der Waals surface area (Å²) >= 11 is 0. The topological polar surface area (TPSA) is 47.0 Å². The lowest BCUT2D eigenvalue weighted by atomic mass is 10.1. The number of hydrogen-bond donors (Lipinski definition) is 1. The minimum atomic E-state index is -0.330. The molecule has 2 aliphatic rings.